The largest absolute Gasteiger partial charge is 0.323 e. The zero-order valence-corrected chi connectivity index (χ0v) is 23.8. The predicted molar refractivity (Wildman–Crippen MR) is 161 cm³/mol. The number of thioether (sulfide) groups is 1. The van der Waals surface area contributed by atoms with Crippen molar-refractivity contribution in [3.8, 4) is 0 Å². The first-order valence-corrected chi connectivity index (χ1v) is 13.9. The standard InChI is InChI=1S/C31H25BrFN3O3S/c1-20(29(37)35-27-10-6-5-9-26(27)33)40-25-17-15-24(16-18-25)34-31(39)28(19-21-11-13-23(32)14-12-21)36-30(38)22-7-3-2-4-8-22/h2-20H,1H3,(H,34,39)(H,35,37)(H,36,38)/b28-19-. The summed E-state index contributed by atoms with van der Waals surface area (Å²) >= 11 is 4.69. The zero-order valence-electron chi connectivity index (χ0n) is 21.4. The number of anilines is 2. The summed E-state index contributed by atoms with van der Waals surface area (Å²) in [6.45, 7) is 1.73. The highest BCUT2D eigenvalue weighted by Gasteiger charge is 2.17. The molecule has 0 aliphatic carbocycles. The number of hydrogen-bond acceptors (Lipinski definition) is 4. The predicted octanol–water partition coefficient (Wildman–Crippen LogP) is 7.12. The van der Waals surface area contributed by atoms with Crippen LogP contribution in [0.4, 0.5) is 15.8 Å². The minimum absolute atomic E-state index is 0.0769. The van der Waals surface area contributed by atoms with Crippen LogP contribution in [0.5, 0.6) is 0 Å². The van der Waals surface area contributed by atoms with Crippen molar-refractivity contribution in [3.63, 3.8) is 0 Å². The molecule has 0 heterocycles. The molecule has 40 heavy (non-hydrogen) atoms. The van der Waals surface area contributed by atoms with E-state index in [-0.39, 0.29) is 17.3 Å². The maximum absolute atomic E-state index is 13.9. The molecule has 0 radical (unpaired) electrons. The molecule has 0 bridgehead atoms. The van der Waals surface area contributed by atoms with E-state index in [1.54, 1.807) is 79.7 Å². The lowest BCUT2D eigenvalue weighted by molar-refractivity contribution is -0.115. The van der Waals surface area contributed by atoms with E-state index in [1.807, 2.05) is 24.3 Å². The molecule has 1 atom stereocenters. The molecule has 3 amide bonds. The Morgan fingerprint density at radius 3 is 2.15 bits per heavy atom. The van der Waals surface area contributed by atoms with Crippen LogP contribution in [0.2, 0.25) is 0 Å². The molecule has 4 rings (SSSR count). The molecule has 0 saturated heterocycles. The Morgan fingerprint density at radius 1 is 0.825 bits per heavy atom. The van der Waals surface area contributed by atoms with Gasteiger partial charge in [0.2, 0.25) is 5.91 Å². The number of halogens is 2. The minimum Gasteiger partial charge on any atom is -0.323 e. The van der Waals surface area contributed by atoms with Crippen LogP contribution in [0, 0.1) is 5.82 Å². The van der Waals surface area contributed by atoms with Gasteiger partial charge in [-0.3, -0.25) is 14.4 Å². The van der Waals surface area contributed by atoms with Gasteiger partial charge in [0, 0.05) is 20.6 Å². The average Bonchev–Trinajstić information content (AvgIpc) is 2.96. The third-order valence-electron chi connectivity index (χ3n) is 5.64. The van der Waals surface area contributed by atoms with E-state index >= 15 is 0 Å². The zero-order chi connectivity index (χ0) is 28.5. The van der Waals surface area contributed by atoms with Gasteiger partial charge in [0.15, 0.2) is 0 Å². The van der Waals surface area contributed by atoms with Gasteiger partial charge >= 0.3 is 0 Å². The second kappa shape index (κ2) is 13.7. The summed E-state index contributed by atoms with van der Waals surface area (Å²) in [6.07, 6.45) is 1.60. The van der Waals surface area contributed by atoms with Gasteiger partial charge in [-0.05, 0) is 79.2 Å². The molecule has 6 nitrogen and oxygen atoms in total. The van der Waals surface area contributed by atoms with Crippen molar-refractivity contribution in [1.29, 1.82) is 0 Å². The summed E-state index contributed by atoms with van der Waals surface area (Å²) in [5, 5.41) is 7.63. The number of hydrogen-bond donors (Lipinski definition) is 3. The fourth-order valence-electron chi connectivity index (χ4n) is 3.54. The number of amides is 3. The molecular formula is C31H25BrFN3O3S. The van der Waals surface area contributed by atoms with Crippen LogP contribution < -0.4 is 16.0 Å². The highest BCUT2D eigenvalue weighted by molar-refractivity contribution is 9.10. The second-order valence-electron chi connectivity index (χ2n) is 8.64. The lowest BCUT2D eigenvalue weighted by Crippen LogP contribution is -2.30. The molecule has 3 N–H and O–H groups in total. The number of carbonyl (C=O) groups is 3. The van der Waals surface area contributed by atoms with Gasteiger partial charge in [-0.15, -0.1) is 11.8 Å². The van der Waals surface area contributed by atoms with Crippen molar-refractivity contribution in [1.82, 2.24) is 5.32 Å². The SMILES string of the molecule is CC(Sc1ccc(NC(=O)/C(=C/c2ccc(Br)cc2)NC(=O)c2ccccc2)cc1)C(=O)Nc1ccccc1F. The fourth-order valence-corrected chi connectivity index (χ4v) is 4.67. The molecule has 9 heteroatoms. The fraction of sp³-hybridized carbons (Fsp3) is 0.0645. The van der Waals surface area contributed by atoms with Crippen LogP contribution in [-0.2, 0) is 9.59 Å². The van der Waals surface area contributed by atoms with Crippen LogP contribution in [-0.4, -0.2) is 23.0 Å². The van der Waals surface area contributed by atoms with E-state index in [9.17, 15) is 18.8 Å². The van der Waals surface area contributed by atoms with Crippen LogP contribution in [0.3, 0.4) is 0 Å². The van der Waals surface area contributed by atoms with Crippen LogP contribution in [0.25, 0.3) is 6.08 Å². The topological polar surface area (TPSA) is 87.3 Å². The summed E-state index contributed by atoms with van der Waals surface area (Å²) in [6, 6.07) is 28.9. The first-order valence-electron chi connectivity index (χ1n) is 12.3. The number of rotatable bonds is 9. The van der Waals surface area contributed by atoms with E-state index in [4.69, 9.17) is 0 Å². The minimum atomic E-state index is -0.498. The average molecular weight is 619 g/mol. The van der Waals surface area contributed by atoms with E-state index < -0.39 is 22.9 Å². The van der Waals surface area contributed by atoms with Crippen molar-refractivity contribution in [2.24, 2.45) is 0 Å². The Hall–Kier alpha value is -4.21. The highest BCUT2D eigenvalue weighted by Crippen LogP contribution is 2.26. The second-order valence-corrected chi connectivity index (χ2v) is 11.0. The maximum Gasteiger partial charge on any atom is 0.272 e. The first-order chi connectivity index (χ1) is 19.3. The smallest absolute Gasteiger partial charge is 0.272 e. The van der Waals surface area contributed by atoms with E-state index in [0.29, 0.717) is 11.3 Å². The molecule has 202 valence electrons. The highest BCUT2D eigenvalue weighted by atomic mass is 79.9. The van der Waals surface area contributed by atoms with E-state index in [0.717, 1.165) is 14.9 Å². The van der Waals surface area contributed by atoms with Crippen molar-refractivity contribution in [2.45, 2.75) is 17.1 Å². The Balaban J connectivity index is 1.43. The first kappa shape index (κ1) is 28.8. The van der Waals surface area contributed by atoms with Crippen LogP contribution in [0.1, 0.15) is 22.8 Å². The Morgan fingerprint density at radius 2 is 1.48 bits per heavy atom. The molecule has 0 aliphatic rings. The number of para-hydroxylation sites is 1. The maximum atomic E-state index is 13.9. The lowest BCUT2D eigenvalue weighted by atomic mass is 10.1. The molecule has 0 aliphatic heterocycles. The van der Waals surface area contributed by atoms with Gasteiger partial charge in [-0.25, -0.2) is 4.39 Å². The number of carbonyl (C=O) groups excluding carboxylic acids is 3. The molecular weight excluding hydrogens is 593 g/mol. The normalized spacial score (nSPS) is 11.8. The van der Waals surface area contributed by atoms with Crippen molar-refractivity contribution < 1.29 is 18.8 Å². The number of benzene rings is 4. The quantitative estimate of drug-likeness (QED) is 0.138. The lowest BCUT2D eigenvalue weighted by Gasteiger charge is -2.14. The van der Waals surface area contributed by atoms with Crippen LogP contribution in [0.15, 0.2) is 118 Å². The van der Waals surface area contributed by atoms with Crippen LogP contribution >= 0.6 is 27.7 Å². The van der Waals surface area contributed by atoms with Crippen molar-refractivity contribution in [3.05, 3.63) is 130 Å². The molecule has 4 aromatic carbocycles. The molecule has 4 aromatic rings. The van der Waals surface area contributed by atoms with Crippen molar-refractivity contribution in [2.75, 3.05) is 10.6 Å². The molecule has 0 spiro atoms. The Bertz CT molecular complexity index is 1530. The number of nitrogens with one attached hydrogen (secondary N) is 3. The molecule has 1 unspecified atom stereocenters. The summed E-state index contributed by atoms with van der Waals surface area (Å²) in [4.78, 5) is 39.3. The van der Waals surface area contributed by atoms with Gasteiger partial charge in [0.25, 0.3) is 11.8 Å². The molecule has 0 fully saturated rings. The summed E-state index contributed by atoms with van der Waals surface area (Å²) in [5.41, 5.74) is 1.87. The third kappa shape index (κ3) is 8.14. The summed E-state index contributed by atoms with van der Waals surface area (Å²) < 4.78 is 14.7. The Labute approximate surface area is 244 Å². The van der Waals surface area contributed by atoms with E-state index in [2.05, 4.69) is 31.9 Å². The van der Waals surface area contributed by atoms with E-state index in [1.165, 1.54) is 23.9 Å². The Kier molecular flexibility index (Phi) is 9.88. The summed E-state index contributed by atoms with van der Waals surface area (Å²) in [7, 11) is 0. The van der Waals surface area contributed by atoms with Gasteiger partial charge < -0.3 is 16.0 Å². The van der Waals surface area contributed by atoms with Crippen molar-refractivity contribution >= 4 is 62.9 Å². The third-order valence-corrected chi connectivity index (χ3v) is 7.28. The summed E-state index contributed by atoms with van der Waals surface area (Å²) in [5.74, 6) is -1.73. The van der Waals surface area contributed by atoms with Gasteiger partial charge in [0.05, 0.1) is 10.9 Å². The monoisotopic (exact) mass is 617 g/mol. The molecule has 0 saturated carbocycles. The van der Waals surface area contributed by atoms with Gasteiger partial charge in [-0.1, -0.05) is 58.4 Å². The molecule has 0 aromatic heterocycles. The van der Waals surface area contributed by atoms with Gasteiger partial charge in [0.1, 0.15) is 11.5 Å². The van der Waals surface area contributed by atoms with Gasteiger partial charge in [-0.2, -0.15) is 0 Å².